The summed E-state index contributed by atoms with van der Waals surface area (Å²) in [6.45, 7) is 0.273. The van der Waals surface area contributed by atoms with Crippen molar-refractivity contribution in [3.05, 3.63) is 92.6 Å². The lowest BCUT2D eigenvalue weighted by atomic mass is 9.95. The van der Waals surface area contributed by atoms with Crippen LogP contribution in [-0.2, 0) is 16.1 Å². The molecule has 1 N–H and O–H groups in total. The quantitative estimate of drug-likeness (QED) is 0.344. The number of benzene rings is 2. The number of methoxy groups -OCH3 is 1. The molecule has 152 valence electrons. The normalized spacial score (nSPS) is 18.1. The fourth-order valence-electron chi connectivity index (χ4n) is 3.51. The van der Waals surface area contributed by atoms with Crippen LogP contribution in [0.25, 0.3) is 5.76 Å². The first-order valence-corrected chi connectivity index (χ1v) is 10.5. The van der Waals surface area contributed by atoms with Gasteiger partial charge in [-0.1, -0.05) is 29.8 Å². The molecule has 1 saturated heterocycles. The number of ketones is 1. The molecule has 1 aliphatic heterocycles. The molecule has 4 rings (SSSR count). The summed E-state index contributed by atoms with van der Waals surface area (Å²) in [6, 6.07) is 16.7. The Kier molecular flexibility index (Phi) is 5.61. The number of Topliss-reactive ketones (excluding diaryl/α,β-unsaturated/α-hetero) is 1. The summed E-state index contributed by atoms with van der Waals surface area (Å²) in [5.74, 6) is -0.943. The molecule has 1 fully saturated rings. The number of carbonyl (C=O) groups excluding carboxylic acids is 2. The summed E-state index contributed by atoms with van der Waals surface area (Å²) in [5.41, 5.74) is 1.19. The number of rotatable bonds is 5. The fourth-order valence-corrected chi connectivity index (χ4v) is 4.34. The molecule has 1 unspecified atom stereocenters. The van der Waals surface area contributed by atoms with Gasteiger partial charge in [-0.25, -0.2) is 0 Å². The minimum Gasteiger partial charge on any atom is -0.507 e. The predicted molar refractivity (Wildman–Crippen MR) is 117 cm³/mol. The van der Waals surface area contributed by atoms with E-state index < -0.39 is 17.7 Å². The highest BCUT2D eigenvalue weighted by Crippen LogP contribution is 2.41. The monoisotopic (exact) mass is 439 g/mol. The number of halogens is 1. The minimum atomic E-state index is -0.716. The Labute approximate surface area is 182 Å². The topological polar surface area (TPSA) is 66.8 Å². The van der Waals surface area contributed by atoms with Crippen LogP contribution in [0.1, 0.15) is 22.0 Å². The van der Waals surface area contributed by atoms with E-state index in [0.29, 0.717) is 21.9 Å². The number of hydrogen-bond donors (Lipinski definition) is 1. The molecule has 0 spiro atoms. The van der Waals surface area contributed by atoms with Crippen LogP contribution in [0.4, 0.5) is 0 Å². The van der Waals surface area contributed by atoms with Gasteiger partial charge in [0.15, 0.2) is 0 Å². The van der Waals surface area contributed by atoms with Crippen molar-refractivity contribution in [2.75, 3.05) is 7.11 Å². The van der Waals surface area contributed by atoms with Crippen LogP contribution in [0.5, 0.6) is 5.75 Å². The van der Waals surface area contributed by atoms with Crippen LogP contribution in [0.15, 0.2) is 71.6 Å². The van der Waals surface area contributed by atoms with Crippen LogP contribution < -0.4 is 4.74 Å². The highest BCUT2D eigenvalue weighted by molar-refractivity contribution is 7.09. The third kappa shape index (κ3) is 3.72. The lowest BCUT2D eigenvalue weighted by Crippen LogP contribution is -2.28. The second-order valence-electron chi connectivity index (χ2n) is 6.79. The average Bonchev–Trinajstić information content (AvgIpc) is 3.36. The summed E-state index contributed by atoms with van der Waals surface area (Å²) in [4.78, 5) is 28.3. The molecule has 5 nitrogen and oxygen atoms in total. The molecule has 1 atom stereocenters. The van der Waals surface area contributed by atoms with Gasteiger partial charge in [-0.05, 0) is 53.4 Å². The van der Waals surface area contributed by atoms with Crippen molar-refractivity contribution in [2.45, 2.75) is 12.6 Å². The van der Waals surface area contributed by atoms with Gasteiger partial charge in [0.05, 0.1) is 25.3 Å². The van der Waals surface area contributed by atoms with Crippen LogP contribution in [0, 0.1) is 0 Å². The third-order valence-electron chi connectivity index (χ3n) is 5.00. The highest BCUT2D eigenvalue weighted by Gasteiger charge is 2.46. The average molecular weight is 440 g/mol. The molecule has 7 heteroatoms. The van der Waals surface area contributed by atoms with Crippen molar-refractivity contribution < 1.29 is 19.4 Å². The van der Waals surface area contributed by atoms with Gasteiger partial charge in [0.2, 0.25) is 0 Å². The Morgan fingerprint density at radius 1 is 1.10 bits per heavy atom. The van der Waals surface area contributed by atoms with Gasteiger partial charge >= 0.3 is 0 Å². The SMILES string of the molecule is COc1ccc(/C(O)=C2/C(=O)C(=O)N(Cc3cccs3)C2c2ccc(Cl)cc2)cc1. The van der Waals surface area contributed by atoms with E-state index in [1.54, 1.807) is 55.6 Å². The Hall–Kier alpha value is -3.09. The van der Waals surface area contributed by atoms with Gasteiger partial charge < -0.3 is 14.7 Å². The highest BCUT2D eigenvalue weighted by atomic mass is 35.5. The predicted octanol–water partition coefficient (Wildman–Crippen LogP) is 5.03. The molecule has 2 heterocycles. The number of carbonyl (C=O) groups is 2. The third-order valence-corrected chi connectivity index (χ3v) is 6.11. The first kappa shape index (κ1) is 20.2. The van der Waals surface area contributed by atoms with Gasteiger partial charge in [0.1, 0.15) is 11.5 Å². The van der Waals surface area contributed by atoms with Crippen molar-refractivity contribution in [2.24, 2.45) is 0 Å². The number of amides is 1. The van der Waals surface area contributed by atoms with Crippen LogP contribution in [0.2, 0.25) is 5.02 Å². The second kappa shape index (κ2) is 8.34. The van der Waals surface area contributed by atoms with Crippen molar-refractivity contribution in [1.82, 2.24) is 4.90 Å². The lowest BCUT2D eigenvalue weighted by Gasteiger charge is -2.25. The number of likely N-dealkylation sites (tertiary alicyclic amines) is 1. The van der Waals surface area contributed by atoms with E-state index in [9.17, 15) is 14.7 Å². The molecule has 1 aromatic heterocycles. The van der Waals surface area contributed by atoms with E-state index in [1.165, 1.54) is 16.2 Å². The van der Waals surface area contributed by atoms with Gasteiger partial charge in [0.25, 0.3) is 11.7 Å². The van der Waals surface area contributed by atoms with E-state index in [1.807, 2.05) is 17.5 Å². The minimum absolute atomic E-state index is 0.0593. The van der Waals surface area contributed by atoms with Gasteiger partial charge in [0, 0.05) is 15.5 Å². The maximum Gasteiger partial charge on any atom is 0.295 e. The van der Waals surface area contributed by atoms with Gasteiger partial charge in [-0.2, -0.15) is 0 Å². The molecule has 3 aromatic rings. The molecular weight excluding hydrogens is 422 g/mol. The molecule has 1 amide bonds. The maximum absolute atomic E-state index is 13.0. The number of aliphatic hydroxyl groups is 1. The van der Waals surface area contributed by atoms with E-state index in [-0.39, 0.29) is 17.9 Å². The van der Waals surface area contributed by atoms with E-state index in [4.69, 9.17) is 16.3 Å². The van der Waals surface area contributed by atoms with Crippen LogP contribution in [-0.4, -0.2) is 28.8 Å². The van der Waals surface area contributed by atoms with Crippen LogP contribution >= 0.6 is 22.9 Å². The molecule has 0 saturated carbocycles. The Bertz CT molecular complexity index is 1110. The molecule has 30 heavy (non-hydrogen) atoms. The van der Waals surface area contributed by atoms with E-state index in [2.05, 4.69) is 0 Å². The first-order valence-electron chi connectivity index (χ1n) is 9.20. The summed E-state index contributed by atoms with van der Waals surface area (Å²) in [5, 5.41) is 13.5. The summed E-state index contributed by atoms with van der Waals surface area (Å²) >= 11 is 7.54. The van der Waals surface area contributed by atoms with E-state index in [0.717, 1.165) is 4.88 Å². The first-order chi connectivity index (χ1) is 14.5. The smallest absolute Gasteiger partial charge is 0.295 e. The zero-order chi connectivity index (χ0) is 21.3. The molecule has 1 aliphatic rings. The largest absolute Gasteiger partial charge is 0.507 e. The number of nitrogens with zero attached hydrogens (tertiary/aromatic N) is 1. The molecular formula is C23H18ClNO4S. The molecule has 2 aromatic carbocycles. The van der Waals surface area contributed by atoms with Crippen molar-refractivity contribution in [3.63, 3.8) is 0 Å². The number of aliphatic hydroxyl groups excluding tert-OH is 1. The zero-order valence-electron chi connectivity index (χ0n) is 16.0. The van der Waals surface area contributed by atoms with Crippen LogP contribution in [0.3, 0.4) is 0 Å². The maximum atomic E-state index is 13.0. The molecule has 0 aliphatic carbocycles. The number of ether oxygens (including phenoxy) is 1. The van der Waals surface area contributed by atoms with Crippen molar-refractivity contribution in [1.29, 1.82) is 0 Å². The summed E-state index contributed by atoms with van der Waals surface area (Å²) in [7, 11) is 1.55. The van der Waals surface area contributed by atoms with Gasteiger partial charge in [-0.3, -0.25) is 9.59 Å². The molecule has 0 bridgehead atoms. The number of thiophene rings is 1. The van der Waals surface area contributed by atoms with Gasteiger partial charge in [-0.15, -0.1) is 11.3 Å². The summed E-state index contributed by atoms with van der Waals surface area (Å²) < 4.78 is 5.15. The Morgan fingerprint density at radius 2 is 1.80 bits per heavy atom. The van der Waals surface area contributed by atoms with Crippen molar-refractivity contribution in [3.8, 4) is 5.75 Å². The number of hydrogen-bond acceptors (Lipinski definition) is 5. The Morgan fingerprint density at radius 3 is 2.40 bits per heavy atom. The Balaban J connectivity index is 1.84. The summed E-state index contributed by atoms with van der Waals surface area (Å²) in [6.07, 6.45) is 0. The lowest BCUT2D eigenvalue weighted by molar-refractivity contribution is -0.140. The fraction of sp³-hybridized carbons (Fsp3) is 0.130. The van der Waals surface area contributed by atoms with E-state index >= 15 is 0 Å². The standard InChI is InChI=1S/C23H18ClNO4S/c1-29-17-10-6-15(7-11-17)21(26)19-20(14-4-8-16(24)9-5-14)25(23(28)22(19)27)13-18-3-2-12-30-18/h2-12,20,26H,13H2,1H3/b21-19-. The second-order valence-corrected chi connectivity index (χ2v) is 8.26. The zero-order valence-corrected chi connectivity index (χ0v) is 17.6. The van der Waals surface area contributed by atoms with Crippen molar-refractivity contribution >= 4 is 40.4 Å². The molecule has 0 radical (unpaired) electrons.